The molecule has 2 rings (SSSR count). The fraction of sp³-hybridized carbons (Fsp3) is 0.750. The molecule has 0 aromatic carbocycles. The molecule has 4 heteroatoms. The maximum Gasteiger partial charge on any atom is 0.148 e. The molecule has 1 fully saturated rings. The van der Waals surface area contributed by atoms with E-state index in [0.29, 0.717) is 5.41 Å². The van der Waals surface area contributed by atoms with Crippen molar-refractivity contribution in [2.45, 2.75) is 26.7 Å². The summed E-state index contributed by atoms with van der Waals surface area (Å²) in [6, 6.07) is 2.09. The van der Waals surface area contributed by atoms with Gasteiger partial charge < -0.3 is 10.1 Å². The number of rotatable bonds is 3. The minimum absolute atomic E-state index is 0.351. The van der Waals surface area contributed by atoms with Gasteiger partial charge in [-0.3, -0.25) is 4.68 Å². The number of hydrogen-bond acceptors (Lipinski definition) is 3. The van der Waals surface area contributed by atoms with Gasteiger partial charge >= 0.3 is 0 Å². The molecule has 0 saturated carbocycles. The maximum absolute atomic E-state index is 5.39. The molecule has 16 heavy (non-hydrogen) atoms. The van der Waals surface area contributed by atoms with E-state index in [4.69, 9.17) is 4.74 Å². The number of anilines is 1. The third-order valence-corrected chi connectivity index (χ3v) is 3.51. The van der Waals surface area contributed by atoms with Crippen LogP contribution in [-0.4, -0.2) is 29.5 Å². The Morgan fingerprint density at radius 3 is 2.75 bits per heavy atom. The molecular weight excluding hydrogens is 202 g/mol. The fourth-order valence-electron chi connectivity index (χ4n) is 1.99. The fourth-order valence-corrected chi connectivity index (χ4v) is 1.99. The Balaban J connectivity index is 1.91. The van der Waals surface area contributed by atoms with Gasteiger partial charge in [-0.15, -0.1) is 0 Å². The van der Waals surface area contributed by atoms with Crippen LogP contribution in [0.3, 0.4) is 0 Å². The summed E-state index contributed by atoms with van der Waals surface area (Å²) >= 11 is 0. The van der Waals surface area contributed by atoms with Crippen LogP contribution in [0.2, 0.25) is 0 Å². The summed E-state index contributed by atoms with van der Waals surface area (Å²) in [6.45, 7) is 7.14. The van der Waals surface area contributed by atoms with E-state index in [1.165, 1.54) is 5.69 Å². The van der Waals surface area contributed by atoms with Crippen molar-refractivity contribution in [3.8, 4) is 0 Å². The molecule has 90 valence electrons. The van der Waals surface area contributed by atoms with Gasteiger partial charge in [-0.1, -0.05) is 6.92 Å². The largest absolute Gasteiger partial charge is 0.381 e. The quantitative estimate of drug-likeness (QED) is 0.851. The lowest BCUT2D eigenvalue weighted by Gasteiger charge is -2.33. The van der Waals surface area contributed by atoms with Gasteiger partial charge in [0.2, 0.25) is 0 Å². The molecule has 0 unspecified atom stereocenters. The molecule has 2 heterocycles. The second-order valence-electron chi connectivity index (χ2n) is 5.07. The highest BCUT2D eigenvalue weighted by atomic mass is 16.5. The predicted octanol–water partition coefficient (Wildman–Crippen LogP) is 1.96. The van der Waals surface area contributed by atoms with Crippen molar-refractivity contribution >= 4 is 5.82 Å². The van der Waals surface area contributed by atoms with Crippen LogP contribution in [0.1, 0.15) is 25.5 Å². The lowest BCUT2D eigenvalue weighted by Crippen LogP contribution is -2.33. The molecule has 0 aliphatic carbocycles. The van der Waals surface area contributed by atoms with Gasteiger partial charge in [0, 0.05) is 38.6 Å². The Kier molecular flexibility index (Phi) is 3.19. The molecular formula is C12H21N3O. The number of nitrogens with one attached hydrogen (secondary N) is 1. The van der Waals surface area contributed by atoms with Crippen LogP contribution < -0.4 is 5.32 Å². The highest BCUT2D eigenvalue weighted by Crippen LogP contribution is 2.29. The molecule has 1 N–H and O–H groups in total. The Labute approximate surface area is 97.0 Å². The van der Waals surface area contributed by atoms with Crippen LogP contribution in [0.25, 0.3) is 0 Å². The second kappa shape index (κ2) is 4.45. The third kappa shape index (κ3) is 2.55. The summed E-state index contributed by atoms with van der Waals surface area (Å²) in [7, 11) is 1.97. The van der Waals surface area contributed by atoms with Crippen LogP contribution in [0.5, 0.6) is 0 Å². The average Bonchev–Trinajstić information content (AvgIpc) is 2.57. The topological polar surface area (TPSA) is 39.1 Å². The number of aryl methyl sites for hydroxylation is 2. The minimum Gasteiger partial charge on any atom is -0.381 e. The highest BCUT2D eigenvalue weighted by Gasteiger charge is 2.27. The van der Waals surface area contributed by atoms with Crippen molar-refractivity contribution in [1.29, 1.82) is 0 Å². The first-order valence-electron chi connectivity index (χ1n) is 5.91. The molecule has 0 amide bonds. The predicted molar refractivity (Wildman–Crippen MR) is 64.6 cm³/mol. The molecule has 1 aromatic heterocycles. The van der Waals surface area contributed by atoms with Crippen LogP contribution >= 0.6 is 0 Å². The van der Waals surface area contributed by atoms with Crippen molar-refractivity contribution in [3.05, 3.63) is 11.8 Å². The highest BCUT2D eigenvalue weighted by molar-refractivity contribution is 5.35. The smallest absolute Gasteiger partial charge is 0.148 e. The van der Waals surface area contributed by atoms with E-state index in [2.05, 4.69) is 30.3 Å². The van der Waals surface area contributed by atoms with Gasteiger partial charge in [0.15, 0.2) is 0 Å². The summed E-state index contributed by atoms with van der Waals surface area (Å²) in [4.78, 5) is 0. The summed E-state index contributed by atoms with van der Waals surface area (Å²) in [5.74, 6) is 0.979. The first-order chi connectivity index (χ1) is 7.59. The second-order valence-corrected chi connectivity index (χ2v) is 5.07. The maximum atomic E-state index is 5.39. The first-order valence-corrected chi connectivity index (χ1v) is 5.91. The van der Waals surface area contributed by atoms with E-state index in [9.17, 15) is 0 Å². The number of nitrogens with zero attached hydrogens (tertiary/aromatic N) is 2. The number of aromatic nitrogens is 2. The van der Waals surface area contributed by atoms with E-state index in [1.807, 2.05) is 11.7 Å². The molecule has 4 nitrogen and oxygen atoms in total. The molecule has 1 aliphatic rings. The van der Waals surface area contributed by atoms with Gasteiger partial charge in [0.1, 0.15) is 5.82 Å². The van der Waals surface area contributed by atoms with Crippen LogP contribution in [-0.2, 0) is 11.8 Å². The van der Waals surface area contributed by atoms with E-state index >= 15 is 0 Å². The summed E-state index contributed by atoms with van der Waals surface area (Å²) in [5.41, 5.74) is 1.53. The lowest BCUT2D eigenvalue weighted by atomic mass is 9.82. The van der Waals surface area contributed by atoms with Gasteiger partial charge in [-0.25, -0.2) is 0 Å². The van der Waals surface area contributed by atoms with Crippen molar-refractivity contribution in [1.82, 2.24) is 9.78 Å². The average molecular weight is 223 g/mol. The van der Waals surface area contributed by atoms with Crippen LogP contribution in [0.15, 0.2) is 6.07 Å². The zero-order valence-electron chi connectivity index (χ0n) is 10.4. The Morgan fingerprint density at radius 1 is 1.50 bits per heavy atom. The minimum atomic E-state index is 0.351. The van der Waals surface area contributed by atoms with Crippen LogP contribution in [0.4, 0.5) is 5.82 Å². The van der Waals surface area contributed by atoms with Gasteiger partial charge in [-0.05, 0) is 25.2 Å². The Hall–Kier alpha value is -1.03. The molecule has 1 aliphatic heterocycles. The molecule has 1 saturated heterocycles. The summed E-state index contributed by atoms with van der Waals surface area (Å²) in [6.07, 6.45) is 2.26. The van der Waals surface area contributed by atoms with Gasteiger partial charge in [0.05, 0.1) is 0 Å². The Morgan fingerprint density at radius 2 is 2.19 bits per heavy atom. The molecule has 0 atom stereocenters. The van der Waals surface area contributed by atoms with E-state index < -0.39 is 0 Å². The van der Waals surface area contributed by atoms with Crippen molar-refractivity contribution in [2.75, 3.05) is 25.1 Å². The SMILES string of the molecule is Cc1cc(NCC2(C)CCOCC2)nn1C. The van der Waals surface area contributed by atoms with Crippen molar-refractivity contribution in [2.24, 2.45) is 12.5 Å². The Bertz CT molecular complexity index is 334. The van der Waals surface area contributed by atoms with Gasteiger partial charge in [-0.2, -0.15) is 5.10 Å². The molecule has 1 aromatic rings. The van der Waals surface area contributed by atoms with Crippen molar-refractivity contribution in [3.63, 3.8) is 0 Å². The van der Waals surface area contributed by atoms with E-state index in [-0.39, 0.29) is 0 Å². The normalized spacial score (nSPS) is 19.7. The molecule has 0 radical (unpaired) electrons. The lowest BCUT2D eigenvalue weighted by molar-refractivity contribution is 0.0299. The van der Waals surface area contributed by atoms with Gasteiger partial charge in [0.25, 0.3) is 0 Å². The zero-order valence-corrected chi connectivity index (χ0v) is 10.4. The molecule has 0 bridgehead atoms. The standard InChI is InChI=1S/C12H21N3O/c1-10-8-11(14-15(10)3)13-9-12(2)4-6-16-7-5-12/h8H,4-7,9H2,1-3H3,(H,13,14). The monoisotopic (exact) mass is 223 g/mol. The summed E-state index contributed by atoms with van der Waals surface area (Å²) < 4.78 is 7.29. The van der Waals surface area contributed by atoms with E-state index in [1.54, 1.807) is 0 Å². The first kappa shape index (κ1) is 11.5. The van der Waals surface area contributed by atoms with E-state index in [0.717, 1.165) is 38.4 Å². The number of ether oxygens (including phenoxy) is 1. The third-order valence-electron chi connectivity index (χ3n) is 3.51. The van der Waals surface area contributed by atoms with Crippen molar-refractivity contribution < 1.29 is 4.74 Å². The summed E-state index contributed by atoms with van der Waals surface area (Å²) in [5, 5.41) is 7.83. The molecule has 0 spiro atoms. The number of hydrogen-bond donors (Lipinski definition) is 1. The van der Waals surface area contributed by atoms with Crippen LogP contribution in [0, 0.1) is 12.3 Å². The zero-order chi connectivity index (χ0) is 11.6.